The number of rotatable bonds is 6. The third-order valence-corrected chi connectivity index (χ3v) is 3.05. The van der Waals surface area contributed by atoms with Gasteiger partial charge in [0, 0.05) is 12.5 Å². The summed E-state index contributed by atoms with van der Waals surface area (Å²) in [6.07, 6.45) is 1.51. The molecular weight excluding hydrogens is 242 g/mol. The van der Waals surface area contributed by atoms with E-state index < -0.39 is 0 Å². The summed E-state index contributed by atoms with van der Waals surface area (Å²) in [5.41, 5.74) is 0.835. The number of benzene rings is 1. The van der Waals surface area contributed by atoms with Gasteiger partial charge in [-0.3, -0.25) is 4.79 Å². The van der Waals surface area contributed by atoms with Crippen LogP contribution < -0.4 is 5.32 Å². The number of aromatic hydroxyl groups is 2. The van der Waals surface area contributed by atoms with E-state index in [2.05, 4.69) is 19.2 Å². The molecule has 0 aromatic heterocycles. The van der Waals surface area contributed by atoms with Crippen LogP contribution in [0.3, 0.4) is 0 Å². The minimum Gasteiger partial charge on any atom is -0.504 e. The Bertz CT molecular complexity index is 429. The van der Waals surface area contributed by atoms with Gasteiger partial charge in [-0.1, -0.05) is 26.8 Å². The van der Waals surface area contributed by atoms with E-state index in [0.717, 1.165) is 12.0 Å². The number of carbonyl (C=O) groups excluding carboxylic acids is 1. The second-order valence-corrected chi connectivity index (χ2v) is 5.40. The highest BCUT2D eigenvalue weighted by atomic mass is 16.3. The highest BCUT2D eigenvalue weighted by Crippen LogP contribution is 2.26. The molecule has 0 bridgehead atoms. The molecule has 1 unspecified atom stereocenters. The van der Waals surface area contributed by atoms with Crippen LogP contribution in [0.1, 0.15) is 32.8 Å². The summed E-state index contributed by atoms with van der Waals surface area (Å²) in [6, 6.07) is 4.65. The van der Waals surface area contributed by atoms with Crippen molar-refractivity contribution in [3.05, 3.63) is 23.8 Å². The molecule has 1 amide bonds. The van der Waals surface area contributed by atoms with Crippen molar-refractivity contribution in [1.82, 2.24) is 5.32 Å². The van der Waals surface area contributed by atoms with Gasteiger partial charge in [-0.25, -0.2) is 0 Å². The van der Waals surface area contributed by atoms with Gasteiger partial charge in [0.25, 0.3) is 0 Å². The first-order chi connectivity index (χ1) is 8.90. The minimum atomic E-state index is -0.156. The van der Waals surface area contributed by atoms with Crippen molar-refractivity contribution in [2.75, 3.05) is 6.54 Å². The Kier molecular flexibility index (Phi) is 5.67. The molecule has 0 aliphatic rings. The van der Waals surface area contributed by atoms with Crippen LogP contribution in [0.2, 0.25) is 0 Å². The zero-order valence-corrected chi connectivity index (χ0v) is 11.8. The lowest BCUT2D eigenvalue weighted by molar-refractivity contribution is -0.124. The Hall–Kier alpha value is -1.71. The SMILES string of the molecule is CC(C)CCNC(=O)C(C)Cc1ccc(O)c(O)c1. The summed E-state index contributed by atoms with van der Waals surface area (Å²) in [5.74, 6) is 0.150. The van der Waals surface area contributed by atoms with Gasteiger partial charge in [-0.15, -0.1) is 0 Å². The molecule has 0 spiro atoms. The maximum absolute atomic E-state index is 11.9. The number of nitrogens with one attached hydrogen (secondary N) is 1. The van der Waals surface area contributed by atoms with Crippen molar-refractivity contribution in [3.8, 4) is 11.5 Å². The van der Waals surface area contributed by atoms with Crippen molar-refractivity contribution in [1.29, 1.82) is 0 Å². The largest absolute Gasteiger partial charge is 0.504 e. The Morgan fingerprint density at radius 2 is 1.89 bits per heavy atom. The molecule has 0 radical (unpaired) electrons. The number of phenolic OH excluding ortho intramolecular Hbond substituents is 2. The molecular formula is C15H23NO3. The molecule has 4 heteroatoms. The summed E-state index contributed by atoms with van der Waals surface area (Å²) in [6.45, 7) is 6.79. The number of carbonyl (C=O) groups is 1. The van der Waals surface area contributed by atoms with Crippen molar-refractivity contribution >= 4 is 5.91 Å². The van der Waals surface area contributed by atoms with E-state index in [9.17, 15) is 15.0 Å². The summed E-state index contributed by atoms with van der Waals surface area (Å²) < 4.78 is 0. The lowest BCUT2D eigenvalue weighted by Gasteiger charge is -2.13. The third-order valence-electron chi connectivity index (χ3n) is 3.05. The standard InChI is InChI=1S/C15H23NO3/c1-10(2)6-7-16-15(19)11(3)8-12-4-5-13(17)14(18)9-12/h4-5,9-11,17-18H,6-8H2,1-3H3,(H,16,19). The van der Waals surface area contributed by atoms with Crippen LogP contribution in [-0.2, 0) is 11.2 Å². The van der Waals surface area contributed by atoms with Crippen LogP contribution in [0, 0.1) is 11.8 Å². The van der Waals surface area contributed by atoms with Crippen molar-refractivity contribution in [3.63, 3.8) is 0 Å². The monoisotopic (exact) mass is 265 g/mol. The fourth-order valence-electron chi connectivity index (χ4n) is 1.80. The molecule has 1 aromatic rings. The van der Waals surface area contributed by atoms with Gasteiger partial charge < -0.3 is 15.5 Å². The average molecular weight is 265 g/mol. The first-order valence-corrected chi connectivity index (χ1v) is 6.68. The second-order valence-electron chi connectivity index (χ2n) is 5.40. The molecule has 3 N–H and O–H groups in total. The van der Waals surface area contributed by atoms with Gasteiger partial charge in [0.15, 0.2) is 11.5 Å². The van der Waals surface area contributed by atoms with Gasteiger partial charge in [-0.05, 0) is 36.5 Å². The van der Waals surface area contributed by atoms with Crippen molar-refractivity contribution in [2.45, 2.75) is 33.6 Å². The Morgan fingerprint density at radius 3 is 2.47 bits per heavy atom. The van der Waals surface area contributed by atoms with E-state index in [4.69, 9.17) is 0 Å². The lowest BCUT2D eigenvalue weighted by atomic mass is 10.00. The first kappa shape index (κ1) is 15.3. The van der Waals surface area contributed by atoms with Gasteiger partial charge in [0.2, 0.25) is 5.91 Å². The zero-order valence-electron chi connectivity index (χ0n) is 11.8. The Labute approximate surface area is 114 Å². The summed E-state index contributed by atoms with van der Waals surface area (Å²) >= 11 is 0. The number of amides is 1. The smallest absolute Gasteiger partial charge is 0.223 e. The van der Waals surface area contributed by atoms with Gasteiger partial charge in [0.1, 0.15) is 0 Å². The predicted molar refractivity (Wildman–Crippen MR) is 75.1 cm³/mol. The van der Waals surface area contributed by atoms with Crippen LogP contribution in [0.25, 0.3) is 0 Å². The van der Waals surface area contributed by atoms with Crippen LogP contribution in [0.4, 0.5) is 0 Å². The average Bonchev–Trinajstić information content (AvgIpc) is 2.33. The summed E-state index contributed by atoms with van der Waals surface area (Å²) in [5, 5.41) is 21.5. The van der Waals surface area contributed by atoms with Gasteiger partial charge in [-0.2, -0.15) is 0 Å². The van der Waals surface area contributed by atoms with Crippen LogP contribution in [0.15, 0.2) is 18.2 Å². The molecule has 4 nitrogen and oxygen atoms in total. The summed E-state index contributed by atoms with van der Waals surface area (Å²) in [7, 11) is 0. The predicted octanol–water partition coefficient (Wildman–Crippen LogP) is 2.44. The van der Waals surface area contributed by atoms with E-state index in [1.54, 1.807) is 6.07 Å². The maximum atomic E-state index is 11.9. The van der Waals surface area contributed by atoms with Crippen LogP contribution in [0.5, 0.6) is 11.5 Å². The van der Waals surface area contributed by atoms with E-state index in [1.807, 2.05) is 6.92 Å². The molecule has 0 saturated heterocycles. The molecule has 0 aliphatic heterocycles. The van der Waals surface area contributed by atoms with E-state index >= 15 is 0 Å². The van der Waals surface area contributed by atoms with Crippen molar-refractivity contribution in [2.24, 2.45) is 11.8 Å². The minimum absolute atomic E-state index is 0.0215. The lowest BCUT2D eigenvalue weighted by Crippen LogP contribution is -2.31. The number of hydrogen-bond donors (Lipinski definition) is 3. The molecule has 0 aliphatic carbocycles. The third kappa shape index (κ3) is 5.20. The molecule has 0 fully saturated rings. The quantitative estimate of drug-likeness (QED) is 0.692. The zero-order chi connectivity index (χ0) is 14.4. The second kappa shape index (κ2) is 7.02. The molecule has 1 rings (SSSR count). The molecule has 1 atom stereocenters. The van der Waals surface area contributed by atoms with E-state index in [-0.39, 0.29) is 23.3 Å². The van der Waals surface area contributed by atoms with E-state index in [0.29, 0.717) is 18.9 Å². The molecule has 19 heavy (non-hydrogen) atoms. The van der Waals surface area contributed by atoms with Gasteiger partial charge >= 0.3 is 0 Å². The fraction of sp³-hybridized carbons (Fsp3) is 0.533. The molecule has 106 valence electrons. The highest BCUT2D eigenvalue weighted by Gasteiger charge is 2.14. The van der Waals surface area contributed by atoms with E-state index in [1.165, 1.54) is 12.1 Å². The number of hydrogen-bond acceptors (Lipinski definition) is 3. The Balaban J connectivity index is 2.47. The van der Waals surface area contributed by atoms with Crippen molar-refractivity contribution < 1.29 is 15.0 Å². The number of phenols is 2. The molecule has 1 aromatic carbocycles. The molecule has 0 saturated carbocycles. The van der Waals surface area contributed by atoms with Crippen LogP contribution >= 0.6 is 0 Å². The topological polar surface area (TPSA) is 69.6 Å². The Morgan fingerprint density at radius 1 is 1.21 bits per heavy atom. The first-order valence-electron chi connectivity index (χ1n) is 6.68. The van der Waals surface area contributed by atoms with Gasteiger partial charge in [0.05, 0.1) is 0 Å². The normalized spacial score (nSPS) is 12.4. The summed E-state index contributed by atoms with van der Waals surface area (Å²) in [4.78, 5) is 11.9. The maximum Gasteiger partial charge on any atom is 0.223 e. The molecule has 0 heterocycles. The fourth-order valence-corrected chi connectivity index (χ4v) is 1.80. The van der Waals surface area contributed by atoms with Crippen LogP contribution in [-0.4, -0.2) is 22.7 Å². The highest BCUT2D eigenvalue weighted by molar-refractivity contribution is 5.78.